The molecule has 0 bridgehead atoms. The molecule has 5 nitrogen and oxygen atoms in total. The summed E-state index contributed by atoms with van der Waals surface area (Å²) in [6.45, 7) is 0. The maximum absolute atomic E-state index is 6.38. The average molecular weight is 851 g/mol. The summed E-state index contributed by atoms with van der Waals surface area (Å²) in [6.07, 6.45) is 0. The fourth-order valence-electron chi connectivity index (χ4n) is 9.87. The lowest BCUT2D eigenvalue weighted by Gasteiger charge is -2.37. The molecule has 6 heteroatoms. The van der Waals surface area contributed by atoms with E-state index in [0.29, 0.717) is 17.5 Å². The van der Waals surface area contributed by atoms with Crippen LogP contribution in [0.2, 0.25) is 0 Å². The van der Waals surface area contributed by atoms with E-state index in [1.807, 2.05) is 53.8 Å². The van der Waals surface area contributed by atoms with Gasteiger partial charge in [-0.25, -0.2) is 15.0 Å². The van der Waals surface area contributed by atoms with Gasteiger partial charge in [-0.2, -0.15) is 0 Å². The zero-order chi connectivity index (χ0) is 43.0. The van der Waals surface area contributed by atoms with Crippen LogP contribution in [0.3, 0.4) is 0 Å². The quantitative estimate of drug-likeness (QED) is 0.167. The Morgan fingerprint density at radius 3 is 1.88 bits per heavy atom. The molecule has 0 aliphatic carbocycles. The van der Waals surface area contributed by atoms with E-state index in [1.54, 1.807) is 0 Å². The van der Waals surface area contributed by atoms with Crippen molar-refractivity contribution in [3.63, 3.8) is 0 Å². The number of hydrogen-bond acceptors (Lipinski definition) is 6. The largest absolute Gasteiger partial charge is 0.455 e. The highest BCUT2D eigenvalue weighted by molar-refractivity contribution is 7.19. The molecular weight excluding hydrogens is 813 g/mol. The van der Waals surface area contributed by atoms with Gasteiger partial charge >= 0.3 is 0 Å². The standard InChI is InChI=1S/C59H38N4OS/c1-63-50-33-32-41(35-49(50)53-48-22-8-10-27-52(48)65-56(53)54(63)46-24-12-17-36-14-5-6-20-43(36)46)40-18-11-19-42(34-40)59-61-57(38-15-3-2-4-16-38)60-58(62-59)39-30-28-37(29-31-39)44-23-13-25-47-45-21-7-9-26-51(45)64-55(44)47/h2-35,54H,1H3. The Hall–Kier alpha value is -8.19. The average Bonchev–Trinajstić information content (AvgIpc) is 3.96. The van der Waals surface area contributed by atoms with Crippen LogP contribution in [0.25, 0.3) is 110 Å². The minimum atomic E-state index is 0.0779. The van der Waals surface area contributed by atoms with Gasteiger partial charge in [-0.3, -0.25) is 0 Å². The molecule has 0 saturated carbocycles. The second kappa shape index (κ2) is 15.0. The Morgan fingerprint density at radius 1 is 0.446 bits per heavy atom. The van der Waals surface area contributed by atoms with Gasteiger partial charge in [0.2, 0.25) is 0 Å². The number of benzene rings is 9. The molecule has 13 rings (SSSR count). The molecule has 65 heavy (non-hydrogen) atoms. The molecule has 12 aromatic rings. The minimum Gasteiger partial charge on any atom is -0.455 e. The van der Waals surface area contributed by atoms with Crippen LogP contribution < -0.4 is 4.90 Å². The summed E-state index contributed by atoms with van der Waals surface area (Å²) in [5, 5.41) is 6.07. The van der Waals surface area contributed by atoms with Gasteiger partial charge in [0.1, 0.15) is 11.2 Å². The second-order valence-corrected chi connectivity index (χ2v) is 17.8. The van der Waals surface area contributed by atoms with Crippen molar-refractivity contribution < 1.29 is 4.42 Å². The first-order chi connectivity index (χ1) is 32.1. The zero-order valence-electron chi connectivity index (χ0n) is 35.3. The first kappa shape index (κ1) is 37.4. The van der Waals surface area contributed by atoms with Crippen LogP contribution in [-0.4, -0.2) is 22.0 Å². The van der Waals surface area contributed by atoms with E-state index in [4.69, 9.17) is 19.4 Å². The normalized spacial score (nSPS) is 13.4. The van der Waals surface area contributed by atoms with Crippen molar-refractivity contribution in [1.29, 1.82) is 0 Å². The lowest BCUT2D eigenvalue weighted by molar-refractivity contribution is 0.670. The summed E-state index contributed by atoms with van der Waals surface area (Å²) in [4.78, 5) is 19.2. The minimum absolute atomic E-state index is 0.0779. The SMILES string of the molecule is CN1c2ccc(-c3cccc(-c4nc(-c5ccccc5)nc(-c5ccc(-c6cccc7c6oc6ccccc67)cc5)n4)c3)cc2-c2c(sc3ccccc23)C1c1cccc2ccccc12. The van der Waals surface area contributed by atoms with Crippen LogP contribution in [0.4, 0.5) is 5.69 Å². The van der Waals surface area contributed by atoms with Crippen LogP contribution in [0.5, 0.6) is 0 Å². The van der Waals surface area contributed by atoms with Gasteiger partial charge in [-0.05, 0) is 63.4 Å². The van der Waals surface area contributed by atoms with Gasteiger partial charge in [0, 0.05) is 71.9 Å². The van der Waals surface area contributed by atoms with E-state index in [1.165, 1.54) is 48.1 Å². The molecule has 0 radical (unpaired) electrons. The van der Waals surface area contributed by atoms with Crippen LogP contribution in [0.15, 0.2) is 211 Å². The first-order valence-electron chi connectivity index (χ1n) is 21.9. The van der Waals surface area contributed by atoms with Gasteiger partial charge in [-0.15, -0.1) is 11.3 Å². The number of thiophene rings is 1. The molecule has 9 aromatic carbocycles. The van der Waals surface area contributed by atoms with Crippen LogP contribution in [-0.2, 0) is 0 Å². The van der Waals surface area contributed by atoms with Crippen molar-refractivity contribution in [3.8, 4) is 67.5 Å². The van der Waals surface area contributed by atoms with Crippen LogP contribution in [0, 0.1) is 0 Å². The molecule has 0 amide bonds. The Balaban J connectivity index is 0.899. The summed E-state index contributed by atoms with van der Waals surface area (Å²) < 4.78 is 7.68. The maximum Gasteiger partial charge on any atom is 0.164 e. The van der Waals surface area contributed by atoms with Crippen LogP contribution >= 0.6 is 11.3 Å². The summed E-state index contributed by atoms with van der Waals surface area (Å²) in [6, 6.07) is 73.1. The number of furan rings is 1. The van der Waals surface area contributed by atoms with Gasteiger partial charge in [0.25, 0.3) is 0 Å². The molecule has 4 heterocycles. The summed E-state index contributed by atoms with van der Waals surface area (Å²) in [5.41, 5.74) is 14.0. The Kier molecular flexibility index (Phi) is 8.61. The third-order valence-corrected chi connectivity index (χ3v) is 14.2. The van der Waals surface area contributed by atoms with E-state index in [-0.39, 0.29) is 6.04 Å². The molecule has 1 aliphatic rings. The monoisotopic (exact) mass is 850 g/mol. The van der Waals surface area contributed by atoms with Crippen molar-refractivity contribution >= 4 is 59.8 Å². The third-order valence-electron chi connectivity index (χ3n) is 13.0. The van der Waals surface area contributed by atoms with Crippen molar-refractivity contribution in [2.45, 2.75) is 6.04 Å². The van der Waals surface area contributed by atoms with Crippen molar-refractivity contribution in [2.75, 3.05) is 11.9 Å². The molecular formula is C59H38N4OS. The lowest BCUT2D eigenvalue weighted by Crippen LogP contribution is -2.28. The molecule has 0 spiro atoms. The second-order valence-electron chi connectivity index (χ2n) is 16.8. The van der Waals surface area contributed by atoms with Crippen molar-refractivity contribution in [2.24, 2.45) is 0 Å². The molecule has 0 fully saturated rings. The number of hydrogen-bond donors (Lipinski definition) is 0. The maximum atomic E-state index is 6.38. The fraction of sp³-hybridized carbons (Fsp3) is 0.0339. The van der Waals surface area contributed by atoms with Crippen LogP contribution in [0.1, 0.15) is 16.5 Å². The highest BCUT2D eigenvalue weighted by Gasteiger charge is 2.34. The van der Waals surface area contributed by atoms with E-state index >= 15 is 0 Å². The predicted molar refractivity (Wildman–Crippen MR) is 269 cm³/mol. The third kappa shape index (κ3) is 6.17. The molecule has 1 aliphatic heterocycles. The predicted octanol–water partition coefficient (Wildman–Crippen LogP) is 15.7. The van der Waals surface area contributed by atoms with Gasteiger partial charge in [-0.1, -0.05) is 176 Å². The zero-order valence-corrected chi connectivity index (χ0v) is 36.1. The number of aromatic nitrogens is 3. The Labute approximate surface area is 379 Å². The van der Waals surface area contributed by atoms with Gasteiger partial charge in [0.05, 0.1) is 6.04 Å². The molecule has 3 aromatic heterocycles. The van der Waals surface area contributed by atoms with Gasteiger partial charge < -0.3 is 9.32 Å². The molecule has 0 N–H and O–H groups in total. The number of anilines is 1. The topological polar surface area (TPSA) is 55.1 Å². The number of fused-ring (bicyclic) bond motifs is 9. The first-order valence-corrected chi connectivity index (χ1v) is 22.7. The molecule has 306 valence electrons. The van der Waals surface area contributed by atoms with Gasteiger partial charge in [0.15, 0.2) is 17.5 Å². The Bertz CT molecular complexity index is 3810. The lowest BCUT2D eigenvalue weighted by atomic mass is 9.86. The molecule has 0 saturated heterocycles. The van der Waals surface area contributed by atoms with E-state index < -0.39 is 0 Å². The Morgan fingerprint density at radius 2 is 1.03 bits per heavy atom. The molecule has 1 atom stereocenters. The summed E-state index contributed by atoms with van der Waals surface area (Å²) >= 11 is 1.91. The number of nitrogens with zero attached hydrogens (tertiary/aromatic N) is 4. The van der Waals surface area contributed by atoms with Crippen molar-refractivity contribution in [3.05, 3.63) is 217 Å². The van der Waals surface area contributed by atoms with Crippen molar-refractivity contribution in [1.82, 2.24) is 15.0 Å². The number of para-hydroxylation sites is 2. The highest BCUT2D eigenvalue weighted by Crippen LogP contribution is 2.54. The molecule has 1 unspecified atom stereocenters. The van der Waals surface area contributed by atoms with E-state index in [2.05, 4.69) is 176 Å². The number of rotatable bonds is 6. The summed E-state index contributed by atoms with van der Waals surface area (Å²) in [5.74, 6) is 1.86. The highest BCUT2D eigenvalue weighted by atomic mass is 32.1. The van der Waals surface area contributed by atoms with E-state index in [0.717, 1.165) is 60.9 Å². The smallest absolute Gasteiger partial charge is 0.164 e. The summed E-state index contributed by atoms with van der Waals surface area (Å²) in [7, 11) is 2.25. The fourth-order valence-corrected chi connectivity index (χ4v) is 11.3. The van der Waals surface area contributed by atoms with E-state index in [9.17, 15) is 0 Å².